The van der Waals surface area contributed by atoms with Crippen molar-refractivity contribution in [1.29, 1.82) is 0 Å². The van der Waals surface area contributed by atoms with Crippen LogP contribution in [0.5, 0.6) is 11.5 Å². The second-order valence-electron chi connectivity index (χ2n) is 8.82. The van der Waals surface area contributed by atoms with Crippen LogP contribution in [0.2, 0.25) is 5.02 Å². The fourth-order valence-electron chi connectivity index (χ4n) is 4.29. The number of rotatable bonds is 5. The number of ether oxygens (including phenoxy) is 2. The molecule has 7 nitrogen and oxygen atoms in total. The predicted octanol–water partition coefficient (Wildman–Crippen LogP) is 5.92. The van der Waals surface area contributed by atoms with Gasteiger partial charge in [0.2, 0.25) is 0 Å². The molecule has 0 aliphatic carbocycles. The lowest BCUT2D eigenvalue weighted by molar-refractivity contribution is 0.0836. The van der Waals surface area contributed by atoms with Crippen LogP contribution in [-0.2, 0) is 4.74 Å². The zero-order valence-electron chi connectivity index (χ0n) is 20.2. The van der Waals surface area contributed by atoms with E-state index in [1.807, 2.05) is 6.92 Å². The van der Waals surface area contributed by atoms with Crippen molar-refractivity contribution in [1.82, 2.24) is 19.5 Å². The molecule has 3 aromatic heterocycles. The molecule has 4 heterocycles. The largest absolute Gasteiger partial charge is 0.452 e. The minimum atomic E-state index is -0.905. The molecule has 0 atom stereocenters. The van der Waals surface area contributed by atoms with E-state index in [1.54, 1.807) is 31.5 Å². The van der Waals surface area contributed by atoms with E-state index >= 15 is 0 Å². The predicted molar refractivity (Wildman–Crippen MR) is 135 cm³/mol. The van der Waals surface area contributed by atoms with Crippen LogP contribution in [0, 0.1) is 25.5 Å². The molecular weight excluding hydrogens is 502 g/mol. The summed E-state index contributed by atoms with van der Waals surface area (Å²) in [7, 11) is 0. The second-order valence-corrected chi connectivity index (χ2v) is 9.20. The van der Waals surface area contributed by atoms with Crippen molar-refractivity contribution >= 4 is 11.6 Å². The first-order valence-electron chi connectivity index (χ1n) is 11.7. The quantitative estimate of drug-likeness (QED) is 0.322. The molecule has 0 amide bonds. The summed E-state index contributed by atoms with van der Waals surface area (Å²) in [5.74, 6) is -0.954. The molecule has 0 bridgehead atoms. The van der Waals surface area contributed by atoms with Crippen molar-refractivity contribution in [2.75, 3.05) is 13.2 Å². The van der Waals surface area contributed by atoms with Gasteiger partial charge in [0, 0.05) is 49.4 Å². The van der Waals surface area contributed by atoms with Gasteiger partial charge >= 0.3 is 0 Å². The summed E-state index contributed by atoms with van der Waals surface area (Å²) < 4.78 is 39.8. The van der Waals surface area contributed by atoms with E-state index < -0.39 is 17.2 Å². The maximum atomic E-state index is 14.1. The summed E-state index contributed by atoms with van der Waals surface area (Å²) in [4.78, 5) is 27.1. The normalized spacial score (nSPS) is 14.1. The lowest BCUT2D eigenvalue weighted by Crippen LogP contribution is -2.22. The molecule has 1 fully saturated rings. The zero-order chi connectivity index (χ0) is 26.1. The number of pyridine rings is 2. The number of halogens is 3. The molecule has 4 aromatic rings. The van der Waals surface area contributed by atoms with Gasteiger partial charge < -0.3 is 9.47 Å². The van der Waals surface area contributed by atoms with Crippen molar-refractivity contribution in [3.8, 4) is 28.6 Å². The SMILES string of the molecule is Cc1cnc(-c2ccnc(C3CCOCC3)n2)cc1-n1c(C)cc(Oc2ccc(F)cc2F)c(Cl)c1=O. The van der Waals surface area contributed by atoms with Crippen LogP contribution >= 0.6 is 11.6 Å². The Bertz CT molecular complexity index is 1540. The summed E-state index contributed by atoms with van der Waals surface area (Å²) in [5, 5.41) is -0.240. The van der Waals surface area contributed by atoms with Gasteiger partial charge in [-0.05, 0) is 56.5 Å². The highest BCUT2D eigenvalue weighted by Crippen LogP contribution is 2.32. The molecule has 1 aliphatic heterocycles. The lowest BCUT2D eigenvalue weighted by atomic mass is 9.99. The van der Waals surface area contributed by atoms with E-state index in [4.69, 9.17) is 26.1 Å². The van der Waals surface area contributed by atoms with E-state index in [-0.39, 0.29) is 22.4 Å². The van der Waals surface area contributed by atoms with E-state index in [0.717, 1.165) is 36.4 Å². The van der Waals surface area contributed by atoms with Gasteiger partial charge in [-0.1, -0.05) is 11.6 Å². The molecular formula is C27H23ClF2N4O3. The second kappa shape index (κ2) is 10.4. The zero-order valence-corrected chi connectivity index (χ0v) is 20.9. The van der Waals surface area contributed by atoms with Crippen LogP contribution in [0.4, 0.5) is 8.78 Å². The molecule has 1 aliphatic rings. The van der Waals surface area contributed by atoms with E-state index in [9.17, 15) is 13.6 Å². The monoisotopic (exact) mass is 524 g/mol. The summed E-state index contributed by atoms with van der Waals surface area (Å²) in [6, 6.07) is 7.97. The first-order chi connectivity index (χ1) is 17.8. The number of nitrogens with zero attached hydrogens (tertiary/aromatic N) is 4. The first kappa shape index (κ1) is 25.0. The Hall–Kier alpha value is -3.69. The van der Waals surface area contributed by atoms with Gasteiger partial charge in [0.05, 0.1) is 17.1 Å². The Kier molecular flexibility index (Phi) is 6.99. The van der Waals surface area contributed by atoms with Crippen LogP contribution in [0.25, 0.3) is 17.1 Å². The number of aryl methyl sites for hydroxylation is 2. The van der Waals surface area contributed by atoms with Crippen molar-refractivity contribution < 1.29 is 18.3 Å². The van der Waals surface area contributed by atoms with Gasteiger partial charge in [-0.15, -0.1) is 0 Å². The van der Waals surface area contributed by atoms with E-state index in [0.29, 0.717) is 42.0 Å². The average molecular weight is 525 g/mol. The Labute approximate surface area is 216 Å². The Morgan fingerprint density at radius 1 is 1.03 bits per heavy atom. The highest BCUT2D eigenvalue weighted by molar-refractivity contribution is 6.31. The topological polar surface area (TPSA) is 79.1 Å². The Balaban J connectivity index is 1.52. The van der Waals surface area contributed by atoms with Gasteiger partial charge in [0.1, 0.15) is 16.7 Å². The molecule has 10 heteroatoms. The lowest BCUT2D eigenvalue weighted by Gasteiger charge is -2.21. The van der Waals surface area contributed by atoms with Crippen molar-refractivity contribution in [3.63, 3.8) is 0 Å². The molecule has 1 saturated heterocycles. The van der Waals surface area contributed by atoms with Crippen molar-refractivity contribution in [2.24, 2.45) is 0 Å². The molecule has 0 saturated carbocycles. The Morgan fingerprint density at radius 3 is 2.57 bits per heavy atom. The number of hydrogen-bond donors (Lipinski definition) is 0. The average Bonchev–Trinajstić information content (AvgIpc) is 2.90. The van der Waals surface area contributed by atoms with Gasteiger partial charge in [-0.2, -0.15) is 0 Å². The number of aromatic nitrogens is 4. The number of benzene rings is 1. The molecule has 0 N–H and O–H groups in total. The molecule has 190 valence electrons. The van der Waals surface area contributed by atoms with Crippen LogP contribution in [0.15, 0.2) is 53.6 Å². The summed E-state index contributed by atoms with van der Waals surface area (Å²) in [6.07, 6.45) is 5.10. The molecule has 37 heavy (non-hydrogen) atoms. The van der Waals surface area contributed by atoms with E-state index in [2.05, 4.69) is 9.97 Å². The van der Waals surface area contributed by atoms with Crippen LogP contribution < -0.4 is 10.3 Å². The molecule has 0 spiro atoms. The molecule has 0 unspecified atom stereocenters. The van der Waals surface area contributed by atoms with Crippen LogP contribution in [-0.4, -0.2) is 32.7 Å². The standard InChI is InChI=1S/C27H23ClF2N4O3/c1-15-14-32-21(20-5-8-31-26(33-20)17-6-9-36-10-7-17)13-22(15)34-16(2)11-24(25(28)27(34)35)37-23-4-3-18(29)12-19(23)30/h3-5,8,11-14,17H,6-7,9-10H2,1-2H3. The Morgan fingerprint density at radius 2 is 1.81 bits per heavy atom. The third-order valence-corrected chi connectivity index (χ3v) is 6.60. The number of hydrogen-bond acceptors (Lipinski definition) is 6. The highest BCUT2D eigenvalue weighted by Gasteiger charge is 2.21. The first-order valence-corrected chi connectivity index (χ1v) is 12.1. The van der Waals surface area contributed by atoms with Gasteiger partial charge in [0.15, 0.2) is 17.3 Å². The third-order valence-electron chi connectivity index (χ3n) is 6.25. The van der Waals surface area contributed by atoms with Gasteiger partial charge in [0.25, 0.3) is 5.56 Å². The van der Waals surface area contributed by atoms with Gasteiger partial charge in [-0.25, -0.2) is 18.7 Å². The highest BCUT2D eigenvalue weighted by atomic mass is 35.5. The maximum Gasteiger partial charge on any atom is 0.277 e. The fraction of sp³-hybridized carbons (Fsp3) is 0.259. The van der Waals surface area contributed by atoms with Crippen molar-refractivity contribution in [3.05, 3.63) is 92.9 Å². The molecule has 1 aromatic carbocycles. The fourth-order valence-corrected chi connectivity index (χ4v) is 4.47. The third kappa shape index (κ3) is 5.10. The van der Waals surface area contributed by atoms with E-state index in [1.165, 1.54) is 10.6 Å². The maximum absolute atomic E-state index is 14.1. The van der Waals surface area contributed by atoms with Crippen molar-refractivity contribution in [2.45, 2.75) is 32.6 Å². The van der Waals surface area contributed by atoms with Crippen LogP contribution in [0.1, 0.15) is 35.8 Å². The summed E-state index contributed by atoms with van der Waals surface area (Å²) >= 11 is 6.37. The summed E-state index contributed by atoms with van der Waals surface area (Å²) in [6.45, 7) is 4.90. The minimum Gasteiger partial charge on any atom is -0.452 e. The summed E-state index contributed by atoms with van der Waals surface area (Å²) in [5.41, 5.74) is 2.47. The minimum absolute atomic E-state index is 0.0326. The smallest absolute Gasteiger partial charge is 0.277 e. The van der Waals surface area contributed by atoms with Gasteiger partial charge in [-0.3, -0.25) is 14.3 Å². The molecule has 5 rings (SSSR count). The van der Waals surface area contributed by atoms with Crippen LogP contribution in [0.3, 0.4) is 0 Å². The molecule has 0 radical (unpaired) electrons.